The Morgan fingerprint density at radius 3 is 2.76 bits per heavy atom. The minimum atomic E-state index is -4.85. The lowest BCUT2D eigenvalue weighted by Crippen LogP contribution is -2.38. The standard InChI is InChI=1S/C30H30F3N5O3/c1-18-9-10-22-19(15-21(39)16-26(40)30(31,32)33)5-2-7-23(22)27(18)41-28-24(8-4-13-35-28)25-11-14-36-29(38-25)37-20-6-3-12-34-17-20/h2,4-5,7-11,13-14,20,26,34,40H,3,6,12,15-17H2,1H3,(H,36,37,38)/t20-,26-/m0/s1. The molecule has 0 saturated carbocycles. The molecule has 0 spiro atoms. The van der Waals surface area contributed by atoms with Crippen LogP contribution < -0.4 is 15.4 Å². The highest BCUT2D eigenvalue weighted by Crippen LogP contribution is 2.37. The van der Waals surface area contributed by atoms with Crippen LogP contribution in [0.4, 0.5) is 19.1 Å². The number of benzene rings is 2. The van der Waals surface area contributed by atoms with Gasteiger partial charge in [-0.05, 0) is 61.0 Å². The molecule has 0 bridgehead atoms. The summed E-state index contributed by atoms with van der Waals surface area (Å²) in [5.74, 6) is 0.626. The zero-order chi connectivity index (χ0) is 29.0. The first-order chi connectivity index (χ1) is 19.7. The number of aromatic nitrogens is 3. The van der Waals surface area contributed by atoms with Crippen LogP contribution >= 0.6 is 0 Å². The average molecular weight is 566 g/mol. The molecule has 5 rings (SSSR count). The number of Topliss-reactive ketones (excluding diaryl/α,β-unsaturated/α-hetero) is 1. The number of aryl methyl sites for hydroxylation is 1. The second-order valence-corrected chi connectivity index (χ2v) is 10.1. The van der Waals surface area contributed by atoms with Crippen molar-refractivity contribution in [3.63, 3.8) is 0 Å². The van der Waals surface area contributed by atoms with Crippen LogP contribution in [-0.2, 0) is 11.2 Å². The van der Waals surface area contributed by atoms with E-state index < -0.39 is 24.5 Å². The van der Waals surface area contributed by atoms with Gasteiger partial charge in [-0.2, -0.15) is 13.2 Å². The number of hydrogen-bond donors (Lipinski definition) is 3. The summed E-state index contributed by atoms with van der Waals surface area (Å²) in [6.07, 6.45) is -3.39. The Hall–Kier alpha value is -4.09. The quantitative estimate of drug-likeness (QED) is 0.248. The van der Waals surface area contributed by atoms with Crippen molar-refractivity contribution in [1.82, 2.24) is 20.3 Å². The summed E-state index contributed by atoms with van der Waals surface area (Å²) in [6, 6.07) is 14.5. The summed E-state index contributed by atoms with van der Waals surface area (Å²) in [5, 5.41) is 17.4. The van der Waals surface area contributed by atoms with Crippen molar-refractivity contribution >= 4 is 22.5 Å². The van der Waals surface area contributed by atoms with E-state index >= 15 is 0 Å². The highest BCUT2D eigenvalue weighted by Gasteiger charge is 2.39. The van der Waals surface area contributed by atoms with Crippen molar-refractivity contribution in [2.24, 2.45) is 0 Å². The van der Waals surface area contributed by atoms with Gasteiger partial charge >= 0.3 is 6.18 Å². The Labute approximate surface area is 235 Å². The lowest BCUT2D eigenvalue weighted by Gasteiger charge is -2.23. The number of anilines is 1. The lowest BCUT2D eigenvalue weighted by atomic mass is 9.96. The van der Waals surface area contributed by atoms with Crippen molar-refractivity contribution in [3.8, 4) is 22.9 Å². The zero-order valence-corrected chi connectivity index (χ0v) is 22.4. The smallest absolute Gasteiger partial charge is 0.414 e. The molecule has 2 atom stereocenters. The molecule has 0 unspecified atom stereocenters. The molecule has 11 heteroatoms. The molecular formula is C30H30F3N5O3. The van der Waals surface area contributed by atoms with E-state index in [-0.39, 0.29) is 12.5 Å². The molecule has 1 fully saturated rings. The fraction of sp³-hybridized carbons (Fsp3) is 0.333. The number of carbonyl (C=O) groups is 1. The maximum Gasteiger partial charge on any atom is 0.414 e. The summed E-state index contributed by atoms with van der Waals surface area (Å²) in [4.78, 5) is 25.9. The first-order valence-corrected chi connectivity index (χ1v) is 13.4. The van der Waals surface area contributed by atoms with Gasteiger partial charge in [-0.15, -0.1) is 0 Å². The number of nitrogens with one attached hydrogen (secondary N) is 2. The van der Waals surface area contributed by atoms with E-state index in [0.29, 0.717) is 45.2 Å². The Balaban J connectivity index is 1.43. The molecule has 1 aliphatic heterocycles. The fourth-order valence-corrected chi connectivity index (χ4v) is 4.91. The summed E-state index contributed by atoms with van der Waals surface area (Å²) in [6.45, 7) is 3.72. The Morgan fingerprint density at radius 2 is 1.98 bits per heavy atom. The molecule has 4 aromatic rings. The second kappa shape index (κ2) is 12.2. The first kappa shape index (κ1) is 28.4. The number of piperidine rings is 1. The molecular weight excluding hydrogens is 535 g/mol. The topological polar surface area (TPSA) is 109 Å². The predicted molar refractivity (Wildman–Crippen MR) is 149 cm³/mol. The van der Waals surface area contributed by atoms with E-state index in [0.717, 1.165) is 31.5 Å². The molecule has 2 aromatic heterocycles. The normalized spacial score (nSPS) is 16.4. The highest BCUT2D eigenvalue weighted by molar-refractivity contribution is 5.95. The summed E-state index contributed by atoms with van der Waals surface area (Å²) < 4.78 is 44.6. The minimum absolute atomic E-state index is 0.236. The van der Waals surface area contributed by atoms with Crippen molar-refractivity contribution in [3.05, 3.63) is 72.1 Å². The van der Waals surface area contributed by atoms with Crippen LogP contribution in [-0.4, -0.2) is 57.3 Å². The van der Waals surface area contributed by atoms with E-state index in [9.17, 15) is 23.1 Å². The van der Waals surface area contributed by atoms with Crippen LogP contribution in [0.3, 0.4) is 0 Å². The second-order valence-electron chi connectivity index (χ2n) is 10.1. The lowest BCUT2D eigenvalue weighted by molar-refractivity contribution is -0.205. The van der Waals surface area contributed by atoms with Crippen LogP contribution in [0, 0.1) is 6.92 Å². The van der Waals surface area contributed by atoms with Crippen LogP contribution in [0.25, 0.3) is 22.0 Å². The van der Waals surface area contributed by atoms with Gasteiger partial charge in [-0.25, -0.2) is 15.0 Å². The van der Waals surface area contributed by atoms with Crippen LogP contribution in [0.1, 0.15) is 30.4 Å². The van der Waals surface area contributed by atoms with Gasteiger partial charge in [0, 0.05) is 43.2 Å². The molecule has 2 aromatic carbocycles. The molecule has 8 nitrogen and oxygen atoms in total. The summed E-state index contributed by atoms with van der Waals surface area (Å²) >= 11 is 0. The van der Waals surface area contributed by atoms with Crippen LogP contribution in [0.2, 0.25) is 0 Å². The number of ether oxygens (including phenoxy) is 1. The number of aliphatic hydroxyl groups is 1. The maximum atomic E-state index is 12.7. The van der Waals surface area contributed by atoms with Crippen molar-refractivity contribution in [2.75, 3.05) is 18.4 Å². The van der Waals surface area contributed by atoms with Gasteiger partial charge in [0.2, 0.25) is 11.8 Å². The predicted octanol–water partition coefficient (Wildman–Crippen LogP) is 5.38. The van der Waals surface area contributed by atoms with Crippen molar-refractivity contribution in [1.29, 1.82) is 0 Å². The monoisotopic (exact) mass is 565 g/mol. The number of aliphatic hydroxyl groups excluding tert-OH is 1. The molecule has 0 amide bonds. The third kappa shape index (κ3) is 6.80. The van der Waals surface area contributed by atoms with Gasteiger partial charge < -0.3 is 20.5 Å². The number of ketones is 1. The van der Waals surface area contributed by atoms with Gasteiger partial charge in [0.1, 0.15) is 11.5 Å². The van der Waals surface area contributed by atoms with E-state index in [4.69, 9.17) is 9.72 Å². The molecule has 1 saturated heterocycles. The molecule has 214 valence electrons. The van der Waals surface area contributed by atoms with Crippen molar-refractivity contribution in [2.45, 2.75) is 50.9 Å². The third-order valence-corrected chi connectivity index (χ3v) is 7.02. The van der Waals surface area contributed by atoms with E-state index in [1.165, 1.54) is 0 Å². The molecule has 0 aliphatic carbocycles. The Kier molecular flexibility index (Phi) is 8.46. The Morgan fingerprint density at radius 1 is 1.12 bits per heavy atom. The zero-order valence-electron chi connectivity index (χ0n) is 22.4. The number of hydrogen-bond acceptors (Lipinski definition) is 8. The number of halogens is 3. The third-order valence-electron chi connectivity index (χ3n) is 7.02. The minimum Gasteiger partial charge on any atom is -0.437 e. The van der Waals surface area contributed by atoms with Gasteiger partial charge in [-0.1, -0.05) is 30.3 Å². The number of alkyl halides is 3. The first-order valence-electron chi connectivity index (χ1n) is 13.4. The Bertz CT molecular complexity index is 1540. The SMILES string of the molecule is Cc1ccc2c(CC(=O)C[C@H](O)C(F)(F)F)cccc2c1Oc1ncccc1-c1ccnc(N[C@H]2CCCNC2)n1. The van der Waals surface area contributed by atoms with Crippen LogP contribution in [0.5, 0.6) is 11.6 Å². The molecule has 1 aliphatic rings. The van der Waals surface area contributed by atoms with Crippen LogP contribution in [0.15, 0.2) is 60.9 Å². The van der Waals surface area contributed by atoms with Gasteiger partial charge in [0.05, 0.1) is 11.3 Å². The van der Waals surface area contributed by atoms with Crippen molar-refractivity contribution < 1.29 is 27.8 Å². The fourth-order valence-electron chi connectivity index (χ4n) is 4.91. The highest BCUT2D eigenvalue weighted by atomic mass is 19.4. The molecule has 0 radical (unpaired) electrons. The number of nitrogens with zero attached hydrogens (tertiary/aromatic N) is 3. The van der Waals surface area contributed by atoms with Gasteiger partial charge in [-0.3, -0.25) is 4.79 Å². The van der Waals surface area contributed by atoms with E-state index in [1.54, 1.807) is 36.7 Å². The van der Waals surface area contributed by atoms with E-state index in [2.05, 4.69) is 20.6 Å². The molecule has 3 heterocycles. The maximum absolute atomic E-state index is 12.7. The molecule has 3 N–H and O–H groups in total. The largest absolute Gasteiger partial charge is 0.437 e. The number of carbonyl (C=O) groups excluding carboxylic acids is 1. The summed E-state index contributed by atoms with van der Waals surface area (Å²) in [7, 11) is 0. The molecule has 41 heavy (non-hydrogen) atoms. The van der Waals surface area contributed by atoms with Gasteiger partial charge in [0.25, 0.3) is 0 Å². The van der Waals surface area contributed by atoms with E-state index in [1.807, 2.05) is 31.2 Å². The number of rotatable bonds is 9. The number of pyridine rings is 1. The summed E-state index contributed by atoms with van der Waals surface area (Å²) in [5.41, 5.74) is 2.63. The average Bonchev–Trinajstić information content (AvgIpc) is 2.95. The number of fused-ring (bicyclic) bond motifs is 1. The van der Waals surface area contributed by atoms with Gasteiger partial charge in [0.15, 0.2) is 6.10 Å².